The smallest absolute Gasteiger partial charge is 0.238 e. The van der Waals surface area contributed by atoms with Crippen molar-refractivity contribution < 1.29 is 13.7 Å². The molecule has 0 saturated carbocycles. The first-order valence-electron chi connectivity index (χ1n) is 7.58. The number of carbonyl (C=O) groups excluding carboxylic acids is 1. The highest BCUT2D eigenvalue weighted by Gasteiger charge is 2.12. The van der Waals surface area contributed by atoms with Gasteiger partial charge < -0.3 is 19.2 Å². The molecule has 0 aliphatic heterocycles. The minimum absolute atomic E-state index is 0.00935. The van der Waals surface area contributed by atoms with Gasteiger partial charge in [-0.15, -0.1) is 0 Å². The fourth-order valence-electron chi connectivity index (χ4n) is 2.06. The summed E-state index contributed by atoms with van der Waals surface area (Å²) in [5, 5.41) is 6.72. The topological polar surface area (TPSA) is 84.4 Å². The molecule has 0 atom stereocenters. The average molecular weight is 306 g/mol. The van der Waals surface area contributed by atoms with Crippen molar-refractivity contribution in [2.45, 2.75) is 26.7 Å². The number of amides is 1. The summed E-state index contributed by atoms with van der Waals surface area (Å²) in [7, 11) is 0. The minimum Gasteiger partial charge on any atom is -0.461 e. The van der Waals surface area contributed by atoms with E-state index in [0.717, 1.165) is 19.6 Å². The molecule has 0 saturated heterocycles. The molecule has 0 unspecified atom stereocenters. The van der Waals surface area contributed by atoms with Crippen molar-refractivity contribution in [3.05, 3.63) is 24.3 Å². The van der Waals surface area contributed by atoms with Crippen molar-refractivity contribution in [3.63, 3.8) is 0 Å². The van der Waals surface area contributed by atoms with Crippen molar-refractivity contribution in [1.29, 1.82) is 0 Å². The summed E-state index contributed by atoms with van der Waals surface area (Å²) in [6, 6.07) is 3.52. The molecule has 0 radical (unpaired) electrons. The van der Waals surface area contributed by atoms with Gasteiger partial charge in [-0.25, -0.2) is 0 Å². The third kappa shape index (κ3) is 4.70. The zero-order valence-corrected chi connectivity index (χ0v) is 13.0. The Morgan fingerprint density at radius 3 is 2.86 bits per heavy atom. The number of aryl methyl sites for hydroxylation is 1. The van der Waals surface area contributed by atoms with E-state index in [9.17, 15) is 4.79 Å². The van der Waals surface area contributed by atoms with Crippen LogP contribution in [0.15, 0.2) is 27.3 Å². The van der Waals surface area contributed by atoms with Crippen LogP contribution in [0, 0.1) is 0 Å². The van der Waals surface area contributed by atoms with Crippen molar-refractivity contribution in [2.75, 3.05) is 26.2 Å². The normalized spacial score (nSPS) is 11.0. The number of aromatic nitrogens is 2. The minimum atomic E-state index is -0.00935. The lowest BCUT2D eigenvalue weighted by atomic mass is 10.3. The van der Waals surface area contributed by atoms with Gasteiger partial charge in [0.05, 0.1) is 6.26 Å². The van der Waals surface area contributed by atoms with E-state index in [1.54, 1.807) is 18.4 Å². The average Bonchev–Trinajstić information content (AvgIpc) is 3.20. The van der Waals surface area contributed by atoms with Gasteiger partial charge in [-0.1, -0.05) is 19.0 Å². The van der Waals surface area contributed by atoms with Crippen LogP contribution < -0.4 is 5.32 Å². The summed E-state index contributed by atoms with van der Waals surface area (Å²) in [5.41, 5.74) is 0. The monoisotopic (exact) mass is 306 g/mol. The van der Waals surface area contributed by atoms with E-state index in [0.29, 0.717) is 36.9 Å². The Bertz CT molecular complexity index is 561. The van der Waals surface area contributed by atoms with Crippen LogP contribution in [0.2, 0.25) is 0 Å². The molecule has 0 bridgehead atoms. The molecule has 2 aromatic rings. The molecular formula is C15H22N4O3. The van der Waals surface area contributed by atoms with Gasteiger partial charge in [-0.05, 0) is 25.2 Å². The molecular weight excluding hydrogens is 284 g/mol. The van der Waals surface area contributed by atoms with Crippen LogP contribution in [0.1, 0.15) is 26.2 Å². The molecule has 0 spiro atoms. The molecule has 0 aliphatic carbocycles. The maximum absolute atomic E-state index is 11.8. The Balaban J connectivity index is 1.70. The van der Waals surface area contributed by atoms with Crippen LogP contribution in [-0.4, -0.2) is 47.1 Å². The molecule has 120 valence electrons. The van der Waals surface area contributed by atoms with E-state index in [-0.39, 0.29) is 5.91 Å². The first-order chi connectivity index (χ1) is 10.7. The van der Waals surface area contributed by atoms with Crippen LogP contribution in [0.4, 0.5) is 0 Å². The van der Waals surface area contributed by atoms with Gasteiger partial charge in [0.25, 0.3) is 0 Å². The maximum atomic E-state index is 11.8. The molecule has 7 heteroatoms. The largest absolute Gasteiger partial charge is 0.461 e. The molecule has 0 aliphatic rings. The molecule has 22 heavy (non-hydrogen) atoms. The van der Waals surface area contributed by atoms with Gasteiger partial charge >= 0.3 is 0 Å². The lowest BCUT2D eigenvalue weighted by molar-refractivity contribution is -0.121. The Kier molecular flexibility index (Phi) is 6.14. The molecule has 1 amide bonds. The highest BCUT2D eigenvalue weighted by molar-refractivity contribution is 5.76. The molecule has 2 aromatic heterocycles. The highest BCUT2D eigenvalue weighted by Crippen LogP contribution is 2.16. The number of hydrogen-bond donors (Lipinski definition) is 1. The van der Waals surface area contributed by atoms with Crippen LogP contribution >= 0.6 is 0 Å². The van der Waals surface area contributed by atoms with E-state index in [4.69, 9.17) is 8.94 Å². The zero-order chi connectivity index (χ0) is 15.8. The van der Waals surface area contributed by atoms with Crippen LogP contribution in [0.5, 0.6) is 0 Å². The van der Waals surface area contributed by atoms with Gasteiger partial charge in [0.15, 0.2) is 5.76 Å². The highest BCUT2D eigenvalue weighted by atomic mass is 16.5. The fraction of sp³-hybridized carbons (Fsp3) is 0.533. The van der Waals surface area contributed by atoms with E-state index < -0.39 is 0 Å². The summed E-state index contributed by atoms with van der Waals surface area (Å²) >= 11 is 0. The van der Waals surface area contributed by atoms with Crippen molar-refractivity contribution >= 4 is 5.91 Å². The number of nitrogens with one attached hydrogen (secondary N) is 1. The molecule has 7 nitrogen and oxygen atoms in total. The third-order valence-electron chi connectivity index (χ3n) is 3.42. The lowest BCUT2D eigenvalue weighted by Gasteiger charge is -2.17. The molecule has 0 aromatic carbocycles. The van der Waals surface area contributed by atoms with Gasteiger partial charge in [-0.2, -0.15) is 4.98 Å². The quantitative estimate of drug-likeness (QED) is 0.759. The van der Waals surface area contributed by atoms with Crippen LogP contribution in [-0.2, 0) is 11.2 Å². The Morgan fingerprint density at radius 1 is 1.36 bits per heavy atom. The maximum Gasteiger partial charge on any atom is 0.238 e. The van der Waals surface area contributed by atoms with Gasteiger partial charge in [0.1, 0.15) is 0 Å². The summed E-state index contributed by atoms with van der Waals surface area (Å²) in [4.78, 5) is 18.2. The summed E-state index contributed by atoms with van der Waals surface area (Å²) in [6.45, 7) is 7.72. The Labute approximate surface area is 129 Å². The summed E-state index contributed by atoms with van der Waals surface area (Å²) < 4.78 is 10.3. The number of carbonyl (C=O) groups is 1. The second kappa shape index (κ2) is 8.33. The molecule has 2 rings (SSSR count). The summed E-state index contributed by atoms with van der Waals surface area (Å²) in [5.74, 6) is 1.39. The third-order valence-corrected chi connectivity index (χ3v) is 3.42. The molecule has 1 N–H and O–H groups in total. The first-order valence-corrected chi connectivity index (χ1v) is 7.58. The Morgan fingerprint density at radius 2 is 2.18 bits per heavy atom. The number of nitrogens with zero attached hydrogens (tertiary/aromatic N) is 3. The standard InChI is InChI=1S/C15H22N4O3/c1-3-19(4-2)10-9-16-13(20)7-8-14-17-15(18-22-14)12-6-5-11-21-12/h5-6,11H,3-4,7-10H2,1-2H3,(H,16,20). The van der Waals surface area contributed by atoms with Gasteiger partial charge in [-0.3, -0.25) is 4.79 Å². The van der Waals surface area contributed by atoms with Gasteiger partial charge in [0, 0.05) is 25.9 Å². The first kappa shape index (κ1) is 16.2. The number of likely N-dealkylation sites (N-methyl/N-ethyl adjacent to an activating group) is 1. The van der Waals surface area contributed by atoms with E-state index >= 15 is 0 Å². The second-order valence-electron chi connectivity index (χ2n) is 4.87. The van der Waals surface area contributed by atoms with E-state index in [1.165, 1.54) is 0 Å². The second-order valence-corrected chi connectivity index (χ2v) is 4.87. The number of hydrogen-bond acceptors (Lipinski definition) is 6. The van der Waals surface area contributed by atoms with Crippen LogP contribution in [0.3, 0.4) is 0 Å². The molecule has 2 heterocycles. The number of furan rings is 1. The Hall–Kier alpha value is -2.15. The predicted octanol–water partition coefficient (Wildman–Crippen LogP) is 1.72. The lowest BCUT2D eigenvalue weighted by Crippen LogP contribution is -2.34. The van der Waals surface area contributed by atoms with Crippen molar-refractivity contribution in [3.8, 4) is 11.6 Å². The predicted molar refractivity (Wildman–Crippen MR) is 81.1 cm³/mol. The fourth-order valence-corrected chi connectivity index (χ4v) is 2.06. The van der Waals surface area contributed by atoms with Crippen molar-refractivity contribution in [1.82, 2.24) is 20.4 Å². The summed E-state index contributed by atoms with van der Waals surface area (Å²) in [6.07, 6.45) is 2.30. The van der Waals surface area contributed by atoms with Gasteiger partial charge in [0.2, 0.25) is 17.6 Å². The molecule has 0 fully saturated rings. The van der Waals surface area contributed by atoms with E-state index in [1.807, 2.05) is 0 Å². The SMILES string of the molecule is CCN(CC)CCNC(=O)CCc1nc(-c2ccco2)no1. The number of rotatable bonds is 9. The van der Waals surface area contributed by atoms with Crippen molar-refractivity contribution in [2.24, 2.45) is 0 Å². The van der Waals surface area contributed by atoms with Crippen LogP contribution in [0.25, 0.3) is 11.6 Å². The van der Waals surface area contributed by atoms with E-state index in [2.05, 4.69) is 34.2 Å². The zero-order valence-electron chi connectivity index (χ0n) is 13.0.